The van der Waals surface area contributed by atoms with E-state index in [1.807, 2.05) is 19.1 Å². The van der Waals surface area contributed by atoms with Crippen molar-refractivity contribution in [3.8, 4) is 0 Å². The van der Waals surface area contributed by atoms with Crippen LogP contribution in [0.3, 0.4) is 0 Å². The van der Waals surface area contributed by atoms with E-state index in [0.29, 0.717) is 13.0 Å². The molecule has 1 heterocycles. The number of aromatic amines is 1. The molecule has 0 aliphatic rings. The van der Waals surface area contributed by atoms with Crippen LogP contribution in [0.25, 0.3) is 0 Å². The van der Waals surface area contributed by atoms with E-state index in [-0.39, 0.29) is 11.8 Å². The Morgan fingerprint density at radius 3 is 3.08 bits per heavy atom. The first-order chi connectivity index (χ1) is 6.22. The van der Waals surface area contributed by atoms with E-state index in [1.54, 1.807) is 6.20 Å². The second-order valence-corrected chi connectivity index (χ2v) is 3.18. The molecule has 0 aromatic carbocycles. The van der Waals surface area contributed by atoms with E-state index in [9.17, 15) is 4.79 Å². The molecule has 1 rings (SSSR count). The number of amides is 1. The maximum absolute atomic E-state index is 11.3. The lowest BCUT2D eigenvalue weighted by atomic mass is 10.1. The van der Waals surface area contributed by atoms with Crippen LogP contribution in [0, 0.1) is 5.92 Å². The quantitative estimate of drug-likeness (QED) is 0.646. The second kappa shape index (κ2) is 4.67. The van der Waals surface area contributed by atoms with Crippen LogP contribution in [-0.4, -0.2) is 17.4 Å². The average molecular weight is 181 g/mol. The van der Waals surface area contributed by atoms with Crippen molar-refractivity contribution in [3.63, 3.8) is 0 Å². The maximum atomic E-state index is 11.3. The van der Waals surface area contributed by atoms with Crippen LogP contribution in [0.1, 0.15) is 13.3 Å². The Balaban J connectivity index is 2.34. The number of nitrogens with two attached hydrogens (primary N) is 1. The summed E-state index contributed by atoms with van der Waals surface area (Å²) >= 11 is 0. The molecule has 4 N–H and O–H groups in total. The van der Waals surface area contributed by atoms with Gasteiger partial charge in [-0.2, -0.15) is 0 Å². The smallest absolute Gasteiger partial charge is 0.225 e. The number of carbonyl (C=O) groups is 1. The van der Waals surface area contributed by atoms with Crippen LogP contribution in [-0.2, 0) is 4.79 Å². The molecule has 0 saturated heterocycles. The summed E-state index contributed by atoms with van der Waals surface area (Å²) in [5.74, 6) is 0.963. The third kappa shape index (κ3) is 3.29. The molecule has 72 valence electrons. The number of hydrogen-bond acceptors (Lipinski definition) is 2. The van der Waals surface area contributed by atoms with Crippen molar-refractivity contribution in [1.29, 1.82) is 0 Å². The van der Waals surface area contributed by atoms with Gasteiger partial charge in [-0.1, -0.05) is 6.92 Å². The zero-order chi connectivity index (χ0) is 9.68. The molecule has 0 aliphatic carbocycles. The summed E-state index contributed by atoms with van der Waals surface area (Å²) in [5, 5.41) is 2.74. The third-order valence-corrected chi connectivity index (χ3v) is 1.81. The first-order valence-corrected chi connectivity index (χ1v) is 4.35. The molecule has 1 amide bonds. The van der Waals surface area contributed by atoms with E-state index in [2.05, 4.69) is 10.3 Å². The van der Waals surface area contributed by atoms with Gasteiger partial charge in [-0.05, 0) is 24.6 Å². The van der Waals surface area contributed by atoms with Crippen molar-refractivity contribution in [1.82, 2.24) is 4.98 Å². The van der Waals surface area contributed by atoms with Crippen molar-refractivity contribution < 1.29 is 4.79 Å². The van der Waals surface area contributed by atoms with Crippen molar-refractivity contribution in [3.05, 3.63) is 18.3 Å². The standard InChI is InChI=1S/C9H15N3O/c1-7(6-10)5-9(13)12-8-3-2-4-11-8/h2-4,7,11H,5-6,10H2,1H3,(H,12,13). The summed E-state index contributed by atoms with van der Waals surface area (Å²) in [6.45, 7) is 2.49. The molecule has 1 atom stereocenters. The molecule has 0 fully saturated rings. The summed E-state index contributed by atoms with van der Waals surface area (Å²) in [5.41, 5.74) is 5.41. The lowest BCUT2D eigenvalue weighted by molar-refractivity contribution is -0.116. The Morgan fingerprint density at radius 2 is 2.54 bits per heavy atom. The molecule has 0 aliphatic heterocycles. The molecule has 1 aromatic heterocycles. The molecule has 4 nitrogen and oxygen atoms in total. The van der Waals surface area contributed by atoms with Crippen molar-refractivity contribution >= 4 is 11.7 Å². The first kappa shape index (κ1) is 9.80. The van der Waals surface area contributed by atoms with Crippen LogP contribution in [0.5, 0.6) is 0 Å². The van der Waals surface area contributed by atoms with Crippen molar-refractivity contribution in [2.45, 2.75) is 13.3 Å². The minimum Gasteiger partial charge on any atom is -0.348 e. The summed E-state index contributed by atoms with van der Waals surface area (Å²) in [6, 6.07) is 3.65. The van der Waals surface area contributed by atoms with Crippen molar-refractivity contribution in [2.75, 3.05) is 11.9 Å². The number of rotatable bonds is 4. The zero-order valence-corrected chi connectivity index (χ0v) is 7.71. The summed E-state index contributed by atoms with van der Waals surface area (Å²) in [7, 11) is 0. The van der Waals surface area contributed by atoms with Gasteiger partial charge < -0.3 is 16.0 Å². The predicted molar refractivity (Wildman–Crippen MR) is 52.3 cm³/mol. The highest BCUT2D eigenvalue weighted by atomic mass is 16.1. The van der Waals surface area contributed by atoms with Gasteiger partial charge in [0.25, 0.3) is 0 Å². The first-order valence-electron chi connectivity index (χ1n) is 4.35. The highest BCUT2D eigenvalue weighted by molar-refractivity contribution is 5.89. The molecule has 0 saturated carbocycles. The van der Waals surface area contributed by atoms with Crippen LogP contribution in [0.4, 0.5) is 5.82 Å². The predicted octanol–water partition coefficient (Wildman–Crippen LogP) is 0.938. The number of nitrogens with one attached hydrogen (secondary N) is 2. The van der Waals surface area contributed by atoms with E-state index in [4.69, 9.17) is 5.73 Å². The molecular weight excluding hydrogens is 166 g/mol. The molecule has 0 spiro atoms. The molecule has 13 heavy (non-hydrogen) atoms. The number of carbonyl (C=O) groups excluding carboxylic acids is 1. The number of H-pyrrole nitrogens is 1. The molecule has 0 radical (unpaired) electrons. The molecular formula is C9H15N3O. The fourth-order valence-electron chi connectivity index (χ4n) is 1.01. The van der Waals surface area contributed by atoms with Gasteiger partial charge >= 0.3 is 0 Å². The van der Waals surface area contributed by atoms with Crippen LogP contribution >= 0.6 is 0 Å². The maximum Gasteiger partial charge on any atom is 0.225 e. The van der Waals surface area contributed by atoms with Gasteiger partial charge in [-0.25, -0.2) is 0 Å². The van der Waals surface area contributed by atoms with Gasteiger partial charge in [-0.15, -0.1) is 0 Å². The Kier molecular flexibility index (Phi) is 3.52. The van der Waals surface area contributed by atoms with Crippen LogP contribution in [0.15, 0.2) is 18.3 Å². The second-order valence-electron chi connectivity index (χ2n) is 3.18. The Labute approximate surface area is 77.5 Å². The van der Waals surface area contributed by atoms with Gasteiger partial charge in [0.15, 0.2) is 0 Å². The van der Waals surface area contributed by atoms with E-state index in [1.165, 1.54) is 0 Å². The van der Waals surface area contributed by atoms with E-state index >= 15 is 0 Å². The Hall–Kier alpha value is -1.29. The lowest BCUT2D eigenvalue weighted by Gasteiger charge is -2.07. The highest BCUT2D eigenvalue weighted by Gasteiger charge is 2.07. The number of hydrogen-bond donors (Lipinski definition) is 3. The number of aromatic nitrogens is 1. The number of anilines is 1. The average Bonchev–Trinajstić information content (AvgIpc) is 2.56. The molecule has 4 heteroatoms. The van der Waals surface area contributed by atoms with Gasteiger partial charge in [0.05, 0.1) is 0 Å². The topological polar surface area (TPSA) is 70.9 Å². The Morgan fingerprint density at radius 1 is 1.77 bits per heavy atom. The third-order valence-electron chi connectivity index (χ3n) is 1.81. The van der Waals surface area contributed by atoms with Crippen LogP contribution < -0.4 is 11.1 Å². The highest BCUT2D eigenvalue weighted by Crippen LogP contribution is 2.05. The van der Waals surface area contributed by atoms with E-state index < -0.39 is 0 Å². The molecule has 1 unspecified atom stereocenters. The fourth-order valence-corrected chi connectivity index (χ4v) is 1.01. The minimum atomic E-state index is 0.000370. The molecule has 0 bridgehead atoms. The van der Waals surface area contributed by atoms with Gasteiger partial charge in [0.1, 0.15) is 5.82 Å². The Bertz CT molecular complexity index is 256. The van der Waals surface area contributed by atoms with E-state index in [0.717, 1.165) is 5.82 Å². The van der Waals surface area contributed by atoms with Gasteiger partial charge in [-0.3, -0.25) is 4.79 Å². The van der Waals surface area contributed by atoms with Gasteiger partial charge in [0.2, 0.25) is 5.91 Å². The monoisotopic (exact) mass is 181 g/mol. The summed E-state index contributed by atoms with van der Waals surface area (Å²) in [6.07, 6.45) is 2.23. The van der Waals surface area contributed by atoms with Crippen molar-refractivity contribution in [2.24, 2.45) is 11.7 Å². The SMILES string of the molecule is CC(CN)CC(=O)Nc1ccc[nH]1. The van der Waals surface area contributed by atoms with Gasteiger partial charge in [0, 0.05) is 12.6 Å². The largest absolute Gasteiger partial charge is 0.348 e. The zero-order valence-electron chi connectivity index (χ0n) is 7.71. The van der Waals surface area contributed by atoms with Crippen LogP contribution in [0.2, 0.25) is 0 Å². The summed E-state index contributed by atoms with van der Waals surface area (Å²) < 4.78 is 0. The summed E-state index contributed by atoms with van der Waals surface area (Å²) in [4.78, 5) is 14.2. The molecule has 1 aromatic rings. The normalized spacial score (nSPS) is 12.5. The lowest BCUT2D eigenvalue weighted by Crippen LogP contribution is -2.20. The fraction of sp³-hybridized carbons (Fsp3) is 0.444. The minimum absolute atomic E-state index is 0.000370.